The molecule has 1 aromatic carbocycles. The predicted molar refractivity (Wildman–Crippen MR) is 62.0 cm³/mol. The molecule has 1 rings (SSSR count). The van der Waals surface area contributed by atoms with Crippen molar-refractivity contribution in [2.24, 2.45) is 0 Å². The van der Waals surface area contributed by atoms with Crippen LogP contribution in [0.2, 0.25) is 0 Å². The number of benzene rings is 1. The van der Waals surface area contributed by atoms with Crippen molar-refractivity contribution in [2.45, 2.75) is 20.4 Å². The highest BCUT2D eigenvalue weighted by Crippen LogP contribution is 2.24. The molecular weight excluding hydrogens is 206 g/mol. The average Bonchev–Trinajstić information content (AvgIpc) is 2.16. The second kappa shape index (κ2) is 4.88. The van der Waals surface area contributed by atoms with E-state index in [1.165, 1.54) is 4.90 Å². The summed E-state index contributed by atoms with van der Waals surface area (Å²) >= 11 is 0. The maximum Gasteiger partial charge on any atom is 0.407 e. The molecule has 0 aliphatic rings. The van der Waals surface area contributed by atoms with Crippen LogP contribution in [0.5, 0.6) is 5.75 Å². The van der Waals surface area contributed by atoms with Crippen LogP contribution < -0.4 is 4.74 Å². The van der Waals surface area contributed by atoms with Gasteiger partial charge in [-0.1, -0.05) is 12.1 Å². The molecule has 0 aromatic heterocycles. The van der Waals surface area contributed by atoms with Gasteiger partial charge in [0.2, 0.25) is 0 Å². The van der Waals surface area contributed by atoms with E-state index in [-0.39, 0.29) is 0 Å². The first-order chi connectivity index (χ1) is 7.45. The van der Waals surface area contributed by atoms with Gasteiger partial charge in [-0.25, -0.2) is 4.79 Å². The van der Waals surface area contributed by atoms with Gasteiger partial charge in [0.25, 0.3) is 0 Å². The van der Waals surface area contributed by atoms with Gasteiger partial charge in [0.1, 0.15) is 5.75 Å². The van der Waals surface area contributed by atoms with E-state index >= 15 is 0 Å². The van der Waals surface area contributed by atoms with Gasteiger partial charge in [-0.15, -0.1) is 0 Å². The SMILES string of the molecule is COc1c(C)cc(CN(C)C(=O)O)cc1C. The molecule has 4 heteroatoms. The third kappa shape index (κ3) is 2.66. The number of ether oxygens (including phenoxy) is 1. The maximum absolute atomic E-state index is 10.7. The summed E-state index contributed by atoms with van der Waals surface area (Å²) < 4.78 is 5.25. The third-order valence-corrected chi connectivity index (χ3v) is 2.47. The van der Waals surface area contributed by atoms with Crippen LogP contribution in [0.25, 0.3) is 0 Å². The van der Waals surface area contributed by atoms with Crippen molar-refractivity contribution in [2.75, 3.05) is 14.2 Å². The molecule has 1 N–H and O–H groups in total. The van der Waals surface area contributed by atoms with Crippen LogP contribution in [0.3, 0.4) is 0 Å². The van der Waals surface area contributed by atoms with E-state index in [1.54, 1.807) is 14.2 Å². The fourth-order valence-corrected chi connectivity index (χ4v) is 1.79. The van der Waals surface area contributed by atoms with Crippen molar-refractivity contribution in [1.29, 1.82) is 0 Å². The first-order valence-corrected chi connectivity index (χ1v) is 5.04. The standard InChI is InChI=1S/C12H17NO3/c1-8-5-10(7-13(3)12(14)15)6-9(2)11(8)16-4/h5-6H,7H2,1-4H3,(H,14,15). The number of aryl methyl sites for hydroxylation is 2. The molecule has 1 aromatic rings. The second-order valence-electron chi connectivity index (χ2n) is 3.90. The monoisotopic (exact) mass is 223 g/mol. The van der Waals surface area contributed by atoms with Crippen LogP contribution in [-0.2, 0) is 6.54 Å². The molecule has 0 unspecified atom stereocenters. The van der Waals surface area contributed by atoms with Gasteiger partial charge in [-0.05, 0) is 30.5 Å². The lowest BCUT2D eigenvalue weighted by Gasteiger charge is -2.15. The van der Waals surface area contributed by atoms with Gasteiger partial charge in [0.05, 0.1) is 7.11 Å². The van der Waals surface area contributed by atoms with Crippen LogP contribution >= 0.6 is 0 Å². The molecule has 88 valence electrons. The minimum atomic E-state index is -0.925. The maximum atomic E-state index is 10.7. The van der Waals surface area contributed by atoms with Gasteiger partial charge >= 0.3 is 6.09 Å². The van der Waals surface area contributed by atoms with Gasteiger partial charge in [-0.2, -0.15) is 0 Å². The van der Waals surface area contributed by atoms with Crippen LogP contribution in [0.15, 0.2) is 12.1 Å². The Balaban J connectivity index is 2.96. The Labute approximate surface area is 95.5 Å². The third-order valence-electron chi connectivity index (χ3n) is 2.47. The lowest BCUT2D eigenvalue weighted by Crippen LogP contribution is -2.24. The van der Waals surface area contributed by atoms with Gasteiger partial charge < -0.3 is 14.7 Å². The van der Waals surface area contributed by atoms with E-state index in [1.807, 2.05) is 26.0 Å². The normalized spacial score (nSPS) is 10.0. The fraction of sp³-hybridized carbons (Fsp3) is 0.417. The molecule has 0 spiro atoms. The van der Waals surface area contributed by atoms with Crippen LogP contribution in [0.1, 0.15) is 16.7 Å². The summed E-state index contributed by atoms with van der Waals surface area (Å²) in [4.78, 5) is 11.9. The van der Waals surface area contributed by atoms with Gasteiger partial charge in [0.15, 0.2) is 0 Å². The number of rotatable bonds is 3. The van der Waals surface area contributed by atoms with Crippen molar-refractivity contribution >= 4 is 6.09 Å². The summed E-state index contributed by atoms with van der Waals surface area (Å²) in [5.41, 5.74) is 3.02. The van der Waals surface area contributed by atoms with E-state index in [9.17, 15) is 4.79 Å². The summed E-state index contributed by atoms with van der Waals surface area (Å²) in [6.07, 6.45) is -0.925. The fourth-order valence-electron chi connectivity index (χ4n) is 1.79. The molecular formula is C12H17NO3. The molecule has 0 aliphatic heterocycles. The first-order valence-electron chi connectivity index (χ1n) is 5.04. The highest BCUT2D eigenvalue weighted by atomic mass is 16.5. The molecule has 0 fully saturated rings. The summed E-state index contributed by atoms with van der Waals surface area (Å²) in [7, 11) is 3.19. The number of hydrogen-bond donors (Lipinski definition) is 1. The molecule has 4 nitrogen and oxygen atoms in total. The largest absolute Gasteiger partial charge is 0.496 e. The Morgan fingerprint density at radius 1 is 1.38 bits per heavy atom. The van der Waals surface area contributed by atoms with Crippen LogP contribution in [-0.4, -0.2) is 30.3 Å². The van der Waals surface area contributed by atoms with E-state index in [0.29, 0.717) is 6.54 Å². The van der Waals surface area contributed by atoms with Crippen LogP contribution in [0, 0.1) is 13.8 Å². The Morgan fingerprint density at radius 3 is 2.25 bits per heavy atom. The quantitative estimate of drug-likeness (QED) is 0.856. The molecule has 0 saturated heterocycles. The second-order valence-corrected chi connectivity index (χ2v) is 3.90. The molecule has 16 heavy (non-hydrogen) atoms. The topological polar surface area (TPSA) is 49.8 Å². The van der Waals surface area contributed by atoms with E-state index in [0.717, 1.165) is 22.4 Å². The molecule has 1 amide bonds. The minimum Gasteiger partial charge on any atom is -0.496 e. The van der Waals surface area contributed by atoms with Crippen molar-refractivity contribution < 1.29 is 14.6 Å². The summed E-state index contributed by atoms with van der Waals surface area (Å²) in [6, 6.07) is 3.90. The minimum absolute atomic E-state index is 0.390. The Kier molecular flexibility index (Phi) is 3.77. The van der Waals surface area contributed by atoms with Crippen molar-refractivity contribution in [3.8, 4) is 5.75 Å². The predicted octanol–water partition coefficient (Wildman–Crippen LogP) is 2.42. The Bertz CT molecular complexity index is 378. The van der Waals surface area contributed by atoms with Crippen molar-refractivity contribution in [1.82, 2.24) is 4.90 Å². The summed E-state index contributed by atoms with van der Waals surface area (Å²) in [6.45, 7) is 4.30. The smallest absolute Gasteiger partial charge is 0.407 e. The van der Waals surface area contributed by atoms with Crippen LogP contribution in [0.4, 0.5) is 4.79 Å². The number of methoxy groups -OCH3 is 1. The van der Waals surface area contributed by atoms with E-state index < -0.39 is 6.09 Å². The van der Waals surface area contributed by atoms with E-state index in [2.05, 4.69) is 0 Å². The number of nitrogens with zero attached hydrogens (tertiary/aromatic N) is 1. The molecule has 0 heterocycles. The first kappa shape index (κ1) is 12.4. The lowest BCUT2D eigenvalue weighted by atomic mass is 10.1. The summed E-state index contributed by atoms with van der Waals surface area (Å²) in [5, 5.41) is 8.78. The number of carbonyl (C=O) groups is 1. The van der Waals surface area contributed by atoms with E-state index in [4.69, 9.17) is 9.84 Å². The van der Waals surface area contributed by atoms with Gasteiger partial charge in [-0.3, -0.25) is 0 Å². The molecule has 0 atom stereocenters. The molecule has 0 aliphatic carbocycles. The zero-order valence-corrected chi connectivity index (χ0v) is 10.1. The highest BCUT2D eigenvalue weighted by molar-refractivity contribution is 5.64. The Morgan fingerprint density at radius 2 is 1.88 bits per heavy atom. The van der Waals surface area contributed by atoms with Gasteiger partial charge in [0, 0.05) is 13.6 Å². The molecule has 0 bridgehead atoms. The summed E-state index contributed by atoms with van der Waals surface area (Å²) in [5.74, 6) is 0.863. The van der Waals surface area contributed by atoms with Crippen molar-refractivity contribution in [3.05, 3.63) is 28.8 Å². The molecule has 0 radical (unpaired) electrons. The lowest BCUT2D eigenvalue weighted by molar-refractivity contribution is 0.153. The number of amides is 1. The average molecular weight is 223 g/mol. The number of carboxylic acid groups (broad SMARTS) is 1. The molecule has 0 saturated carbocycles. The Hall–Kier alpha value is -1.71. The zero-order valence-electron chi connectivity index (χ0n) is 10.1. The zero-order chi connectivity index (χ0) is 12.3. The number of hydrogen-bond acceptors (Lipinski definition) is 2. The highest BCUT2D eigenvalue weighted by Gasteiger charge is 2.09. The van der Waals surface area contributed by atoms with Crippen molar-refractivity contribution in [3.63, 3.8) is 0 Å².